The average molecular weight is 239 g/mol. The number of nitrogen functional groups attached to an aromatic ring is 1. The fourth-order valence-corrected chi connectivity index (χ4v) is 2.01. The molecule has 0 aliphatic rings. The second-order valence-electron chi connectivity index (χ2n) is 3.21. The molecule has 0 fully saturated rings. The van der Waals surface area contributed by atoms with E-state index in [9.17, 15) is 10.1 Å². The van der Waals surface area contributed by atoms with Gasteiger partial charge in [-0.3, -0.25) is 10.1 Å². The van der Waals surface area contributed by atoms with Crippen LogP contribution in [0.3, 0.4) is 0 Å². The minimum atomic E-state index is -0.549. The summed E-state index contributed by atoms with van der Waals surface area (Å²) in [7, 11) is 0. The van der Waals surface area contributed by atoms with Crippen molar-refractivity contribution in [2.24, 2.45) is 0 Å². The summed E-state index contributed by atoms with van der Waals surface area (Å²) in [6.45, 7) is 1.84. The molecule has 0 saturated carbocycles. The Morgan fingerprint density at radius 2 is 2.44 bits per heavy atom. The molecular formula is C8H9N5O2S. The van der Waals surface area contributed by atoms with E-state index in [1.165, 1.54) is 16.0 Å². The molecule has 0 amide bonds. The van der Waals surface area contributed by atoms with Crippen LogP contribution < -0.4 is 5.73 Å². The van der Waals surface area contributed by atoms with Crippen molar-refractivity contribution in [1.82, 2.24) is 14.8 Å². The molecule has 0 saturated heterocycles. The maximum absolute atomic E-state index is 10.6. The van der Waals surface area contributed by atoms with Gasteiger partial charge in [-0.1, -0.05) is 0 Å². The molecule has 84 valence electrons. The second-order valence-corrected chi connectivity index (χ2v) is 3.92. The standard InChI is InChI=1S/C8H9N5O2S/c1-5(6-3-16-4-10-6)12-8(9)7(2-11-12)13(14)15/h2-5H,9H2,1H3. The van der Waals surface area contributed by atoms with E-state index in [2.05, 4.69) is 10.1 Å². The second kappa shape index (κ2) is 3.89. The molecule has 7 nitrogen and oxygen atoms in total. The van der Waals surface area contributed by atoms with Gasteiger partial charge in [0.25, 0.3) is 0 Å². The zero-order valence-corrected chi connectivity index (χ0v) is 9.22. The van der Waals surface area contributed by atoms with Gasteiger partial charge in [-0.05, 0) is 6.92 Å². The quantitative estimate of drug-likeness (QED) is 0.645. The molecule has 0 radical (unpaired) electrons. The van der Waals surface area contributed by atoms with Crippen LogP contribution in [0.1, 0.15) is 18.7 Å². The van der Waals surface area contributed by atoms with E-state index in [1.807, 2.05) is 12.3 Å². The number of anilines is 1. The Balaban J connectivity index is 2.38. The summed E-state index contributed by atoms with van der Waals surface area (Å²) in [5, 5.41) is 16.4. The maximum Gasteiger partial charge on any atom is 0.330 e. The lowest BCUT2D eigenvalue weighted by Gasteiger charge is -2.10. The summed E-state index contributed by atoms with van der Waals surface area (Å²) in [6.07, 6.45) is 1.15. The topological polar surface area (TPSA) is 99.9 Å². The van der Waals surface area contributed by atoms with Crippen molar-refractivity contribution in [2.75, 3.05) is 5.73 Å². The molecule has 0 aliphatic carbocycles. The Bertz CT molecular complexity index is 506. The summed E-state index contributed by atoms with van der Waals surface area (Å²) in [5.41, 5.74) is 7.95. The first-order chi connectivity index (χ1) is 7.61. The van der Waals surface area contributed by atoms with Gasteiger partial charge in [-0.25, -0.2) is 9.67 Å². The largest absolute Gasteiger partial charge is 0.378 e. The summed E-state index contributed by atoms with van der Waals surface area (Å²) in [4.78, 5) is 14.2. The number of nitro groups is 1. The van der Waals surface area contributed by atoms with Gasteiger partial charge in [-0.15, -0.1) is 11.3 Å². The third kappa shape index (κ3) is 1.63. The van der Waals surface area contributed by atoms with Gasteiger partial charge in [0.05, 0.1) is 22.2 Å². The number of hydrogen-bond donors (Lipinski definition) is 1. The Kier molecular flexibility index (Phi) is 2.57. The molecular weight excluding hydrogens is 230 g/mol. The van der Waals surface area contributed by atoms with Crippen LogP contribution in [0.4, 0.5) is 11.5 Å². The molecule has 2 N–H and O–H groups in total. The molecule has 0 aliphatic heterocycles. The lowest BCUT2D eigenvalue weighted by Crippen LogP contribution is -2.12. The normalized spacial score (nSPS) is 12.6. The Hall–Kier alpha value is -1.96. The van der Waals surface area contributed by atoms with Crippen LogP contribution in [-0.2, 0) is 0 Å². The van der Waals surface area contributed by atoms with Gasteiger partial charge < -0.3 is 5.73 Å². The van der Waals surface area contributed by atoms with Crippen molar-refractivity contribution in [3.63, 3.8) is 0 Å². The predicted octanol–water partition coefficient (Wildman–Crippen LogP) is 1.44. The van der Waals surface area contributed by atoms with E-state index in [4.69, 9.17) is 5.73 Å². The lowest BCUT2D eigenvalue weighted by molar-refractivity contribution is -0.384. The summed E-state index contributed by atoms with van der Waals surface area (Å²) < 4.78 is 1.40. The van der Waals surface area contributed by atoms with Crippen molar-refractivity contribution in [3.05, 3.63) is 32.9 Å². The number of aromatic nitrogens is 3. The third-order valence-electron chi connectivity index (χ3n) is 2.26. The maximum atomic E-state index is 10.6. The average Bonchev–Trinajstić information content (AvgIpc) is 2.84. The number of hydrogen-bond acceptors (Lipinski definition) is 6. The highest BCUT2D eigenvalue weighted by Gasteiger charge is 2.22. The van der Waals surface area contributed by atoms with Crippen molar-refractivity contribution in [2.45, 2.75) is 13.0 Å². The summed E-state index contributed by atoms with van der Waals surface area (Å²) >= 11 is 1.45. The molecule has 2 aromatic heterocycles. The number of nitrogens with two attached hydrogens (primary N) is 1. The molecule has 2 heterocycles. The highest BCUT2D eigenvalue weighted by atomic mass is 32.1. The summed E-state index contributed by atoms with van der Waals surface area (Å²) in [5.74, 6) is 0.0468. The number of thiazole rings is 1. The van der Waals surface area contributed by atoms with E-state index >= 15 is 0 Å². The van der Waals surface area contributed by atoms with E-state index < -0.39 is 4.92 Å². The van der Waals surface area contributed by atoms with Crippen molar-refractivity contribution in [1.29, 1.82) is 0 Å². The Morgan fingerprint density at radius 3 is 2.94 bits per heavy atom. The van der Waals surface area contributed by atoms with Crippen LogP contribution in [-0.4, -0.2) is 19.7 Å². The minimum Gasteiger partial charge on any atom is -0.378 e. The van der Waals surface area contributed by atoms with Crippen molar-refractivity contribution < 1.29 is 4.92 Å². The van der Waals surface area contributed by atoms with Gasteiger partial charge >= 0.3 is 5.69 Å². The van der Waals surface area contributed by atoms with Gasteiger partial charge in [0, 0.05) is 5.38 Å². The highest BCUT2D eigenvalue weighted by Crippen LogP contribution is 2.26. The molecule has 0 bridgehead atoms. The first-order valence-corrected chi connectivity index (χ1v) is 5.41. The van der Waals surface area contributed by atoms with Crippen molar-refractivity contribution >= 4 is 22.8 Å². The fourth-order valence-electron chi connectivity index (χ4n) is 1.37. The van der Waals surface area contributed by atoms with Gasteiger partial charge in [0.15, 0.2) is 0 Å². The van der Waals surface area contributed by atoms with E-state index in [0.717, 1.165) is 11.9 Å². The molecule has 16 heavy (non-hydrogen) atoms. The van der Waals surface area contributed by atoms with Crippen LogP contribution in [0.25, 0.3) is 0 Å². The SMILES string of the molecule is CC(c1cscn1)n1ncc([N+](=O)[O-])c1N. The Morgan fingerprint density at radius 1 is 1.69 bits per heavy atom. The van der Waals surface area contributed by atoms with Gasteiger partial charge in [0.2, 0.25) is 5.82 Å². The van der Waals surface area contributed by atoms with E-state index in [1.54, 1.807) is 5.51 Å². The third-order valence-corrected chi connectivity index (χ3v) is 2.86. The number of rotatable bonds is 3. The molecule has 0 aromatic carbocycles. The molecule has 0 spiro atoms. The minimum absolute atomic E-state index is 0.0468. The van der Waals surface area contributed by atoms with E-state index in [0.29, 0.717) is 0 Å². The molecule has 2 rings (SSSR count). The number of nitrogens with zero attached hydrogens (tertiary/aromatic N) is 4. The summed E-state index contributed by atoms with van der Waals surface area (Å²) in [6, 6.07) is -0.208. The van der Waals surface area contributed by atoms with Gasteiger partial charge in [-0.2, -0.15) is 5.10 Å². The monoisotopic (exact) mass is 239 g/mol. The first-order valence-electron chi connectivity index (χ1n) is 4.46. The molecule has 2 aromatic rings. The lowest BCUT2D eigenvalue weighted by atomic mass is 10.3. The van der Waals surface area contributed by atoms with Crippen LogP contribution in [0.5, 0.6) is 0 Å². The van der Waals surface area contributed by atoms with Crippen molar-refractivity contribution in [3.8, 4) is 0 Å². The Labute approximate surface area is 94.7 Å². The highest BCUT2D eigenvalue weighted by molar-refractivity contribution is 7.07. The van der Waals surface area contributed by atoms with Crippen LogP contribution in [0.2, 0.25) is 0 Å². The fraction of sp³-hybridized carbons (Fsp3) is 0.250. The van der Waals surface area contributed by atoms with Gasteiger partial charge in [0.1, 0.15) is 6.20 Å². The molecule has 1 atom stereocenters. The zero-order valence-electron chi connectivity index (χ0n) is 8.40. The molecule has 8 heteroatoms. The smallest absolute Gasteiger partial charge is 0.330 e. The van der Waals surface area contributed by atoms with Crippen LogP contribution in [0.15, 0.2) is 17.1 Å². The van der Waals surface area contributed by atoms with Crippen LogP contribution >= 0.6 is 11.3 Å². The first kappa shape index (κ1) is 10.6. The van der Waals surface area contributed by atoms with Crippen LogP contribution in [0, 0.1) is 10.1 Å². The zero-order chi connectivity index (χ0) is 11.7. The predicted molar refractivity (Wildman–Crippen MR) is 59.2 cm³/mol. The molecule has 1 unspecified atom stereocenters. The van der Waals surface area contributed by atoms with E-state index in [-0.39, 0.29) is 17.5 Å².